The third-order valence-corrected chi connectivity index (χ3v) is 7.68. The molecule has 9 heteroatoms. The molecule has 2 unspecified atom stereocenters. The summed E-state index contributed by atoms with van der Waals surface area (Å²) in [6.45, 7) is 0.839. The van der Waals surface area contributed by atoms with Gasteiger partial charge in [-0.05, 0) is 72.5 Å². The highest BCUT2D eigenvalue weighted by Crippen LogP contribution is 2.47. The maximum atomic E-state index is 6.50. The van der Waals surface area contributed by atoms with E-state index in [1.807, 2.05) is 42.5 Å². The molecular weight excluding hydrogens is 526 g/mol. The first-order valence-electron chi connectivity index (χ1n) is 12.4. The highest BCUT2D eigenvalue weighted by molar-refractivity contribution is 7.99. The normalized spacial score (nSPS) is 16.8. The van der Waals surface area contributed by atoms with Gasteiger partial charge in [0.05, 0.1) is 47.3 Å². The quantitative estimate of drug-likeness (QED) is 0.196. The monoisotopic (exact) mass is 559 g/mol. The van der Waals surface area contributed by atoms with Gasteiger partial charge in [-0.3, -0.25) is 0 Å². The van der Waals surface area contributed by atoms with E-state index in [-0.39, 0.29) is 12.2 Å². The largest absolute Gasteiger partial charge is 0.493 e. The average Bonchev–Trinajstić information content (AvgIpc) is 3.45. The third kappa shape index (κ3) is 6.43. The van der Waals surface area contributed by atoms with Crippen molar-refractivity contribution in [2.24, 2.45) is 5.73 Å². The second-order valence-electron chi connectivity index (χ2n) is 8.72. The van der Waals surface area contributed by atoms with Gasteiger partial charge in [0.1, 0.15) is 0 Å². The number of thioether (sulfide) groups is 1. The fourth-order valence-corrected chi connectivity index (χ4v) is 5.44. The Bertz CT molecular complexity index is 1170. The van der Waals surface area contributed by atoms with Crippen molar-refractivity contribution in [3.05, 3.63) is 70.2 Å². The summed E-state index contributed by atoms with van der Waals surface area (Å²) in [5.74, 6) is 3.88. The van der Waals surface area contributed by atoms with Crippen molar-refractivity contribution >= 4 is 23.4 Å². The van der Waals surface area contributed by atoms with E-state index in [1.165, 1.54) is 0 Å². The van der Waals surface area contributed by atoms with Crippen molar-refractivity contribution in [2.45, 2.75) is 36.5 Å². The van der Waals surface area contributed by atoms with Crippen LogP contribution in [0.1, 0.15) is 41.7 Å². The third-order valence-electron chi connectivity index (χ3n) is 6.46. The molecule has 38 heavy (non-hydrogen) atoms. The van der Waals surface area contributed by atoms with Gasteiger partial charge in [0, 0.05) is 27.8 Å². The molecule has 3 aromatic rings. The molecule has 1 aliphatic heterocycles. The van der Waals surface area contributed by atoms with Crippen LogP contribution in [0.4, 0.5) is 0 Å². The Morgan fingerprint density at radius 2 is 1.37 bits per heavy atom. The summed E-state index contributed by atoms with van der Waals surface area (Å²) in [5.41, 5.74) is 9.00. The molecule has 2 N–H and O–H groups in total. The van der Waals surface area contributed by atoms with Gasteiger partial charge in [-0.1, -0.05) is 11.6 Å². The number of nitrogens with two attached hydrogens (primary N) is 1. The molecule has 0 aromatic heterocycles. The summed E-state index contributed by atoms with van der Waals surface area (Å²) >= 11 is 7.67. The molecule has 0 radical (unpaired) electrons. The van der Waals surface area contributed by atoms with Crippen molar-refractivity contribution in [1.29, 1.82) is 0 Å². The second kappa shape index (κ2) is 13.3. The SMILES string of the molecule is COc1cc(C2CCC(c3cc(OC)c(OC)c(OC)c3)O2)cc(CN)c1OCCSc1ccc(Cl)cc1. The van der Waals surface area contributed by atoms with Gasteiger partial charge in [0.15, 0.2) is 23.0 Å². The molecule has 0 saturated carbocycles. The Balaban J connectivity index is 1.46. The molecule has 0 aliphatic carbocycles. The zero-order valence-corrected chi connectivity index (χ0v) is 23.7. The van der Waals surface area contributed by atoms with Crippen LogP contribution in [0.5, 0.6) is 28.7 Å². The first-order chi connectivity index (χ1) is 18.5. The van der Waals surface area contributed by atoms with E-state index in [0.717, 1.165) is 45.2 Å². The fourth-order valence-electron chi connectivity index (χ4n) is 4.59. The summed E-state index contributed by atoms with van der Waals surface area (Å²) in [4.78, 5) is 1.14. The molecular formula is C29H34ClNO6S. The number of rotatable bonds is 12. The van der Waals surface area contributed by atoms with Crippen molar-refractivity contribution in [3.63, 3.8) is 0 Å². The summed E-state index contributed by atoms with van der Waals surface area (Å²) < 4.78 is 34.9. The molecule has 7 nitrogen and oxygen atoms in total. The van der Waals surface area contributed by atoms with Gasteiger partial charge in [0.25, 0.3) is 0 Å². The minimum Gasteiger partial charge on any atom is -0.493 e. The smallest absolute Gasteiger partial charge is 0.203 e. The van der Waals surface area contributed by atoms with Crippen LogP contribution >= 0.6 is 23.4 Å². The number of methoxy groups -OCH3 is 4. The Kier molecular flexibility index (Phi) is 9.91. The molecule has 0 bridgehead atoms. The lowest BCUT2D eigenvalue weighted by molar-refractivity contribution is 0.0436. The van der Waals surface area contributed by atoms with Crippen LogP contribution in [0.15, 0.2) is 53.4 Å². The second-order valence-corrected chi connectivity index (χ2v) is 10.3. The number of hydrogen-bond acceptors (Lipinski definition) is 8. The van der Waals surface area contributed by atoms with Crippen LogP contribution < -0.4 is 29.4 Å². The van der Waals surface area contributed by atoms with Crippen LogP contribution in [0.3, 0.4) is 0 Å². The van der Waals surface area contributed by atoms with Gasteiger partial charge in [-0.2, -0.15) is 0 Å². The number of halogens is 1. The lowest BCUT2D eigenvalue weighted by atomic mass is 10.0. The van der Waals surface area contributed by atoms with Crippen LogP contribution in [0.25, 0.3) is 0 Å². The maximum absolute atomic E-state index is 6.50. The molecule has 4 rings (SSSR count). The molecule has 0 spiro atoms. The Hall–Kier alpha value is -2.78. The van der Waals surface area contributed by atoms with E-state index in [9.17, 15) is 0 Å². The van der Waals surface area contributed by atoms with Gasteiger partial charge in [-0.25, -0.2) is 0 Å². The summed E-state index contributed by atoms with van der Waals surface area (Å²) in [6.07, 6.45) is 1.49. The van der Waals surface area contributed by atoms with E-state index >= 15 is 0 Å². The fraction of sp³-hybridized carbons (Fsp3) is 0.379. The zero-order valence-electron chi connectivity index (χ0n) is 22.1. The molecule has 0 amide bonds. The standard InChI is InChI=1S/C29H34ClNO6S/c1-32-25-14-18(13-20(17-31)28(25)36-11-12-38-22-7-5-21(30)6-8-22)23-9-10-24(37-23)19-15-26(33-2)29(35-4)27(16-19)34-3/h5-8,13-16,23-24H,9-12,17,31H2,1-4H3. The molecule has 1 aliphatic rings. The van der Waals surface area contributed by atoms with E-state index in [1.54, 1.807) is 40.2 Å². The highest BCUT2D eigenvalue weighted by Gasteiger charge is 2.30. The van der Waals surface area contributed by atoms with E-state index < -0.39 is 0 Å². The van der Waals surface area contributed by atoms with Gasteiger partial charge < -0.3 is 34.2 Å². The minimum atomic E-state index is -0.109. The zero-order chi connectivity index (χ0) is 27.1. The van der Waals surface area contributed by atoms with Gasteiger partial charge in [-0.15, -0.1) is 11.8 Å². The van der Waals surface area contributed by atoms with Gasteiger partial charge in [0.2, 0.25) is 5.75 Å². The predicted molar refractivity (Wildman–Crippen MR) is 150 cm³/mol. The Morgan fingerprint density at radius 1 is 0.816 bits per heavy atom. The van der Waals surface area contributed by atoms with E-state index in [2.05, 4.69) is 6.07 Å². The molecule has 1 fully saturated rings. The van der Waals surface area contributed by atoms with E-state index in [0.29, 0.717) is 41.9 Å². The average molecular weight is 560 g/mol. The first kappa shape index (κ1) is 28.2. The maximum Gasteiger partial charge on any atom is 0.203 e. The van der Waals surface area contributed by atoms with Crippen molar-refractivity contribution in [3.8, 4) is 28.7 Å². The van der Waals surface area contributed by atoms with Gasteiger partial charge >= 0.3 is 0 Å². The van der Waals surface area contributed by atoms with Crippen LogP contribution in [-0.2, 0) is 11.3 Å². The molecule has 204 valence electrons. The lowest BCUT2D eigenvalue weighted by Crippen LogP contribution is -2.09. The molecule has 1 saturated heterocycles. The summed E-state index contributed by atoms with van der Waals surface area (Å²) in [7, 11) is 6.46. The topological polar surface area (TPSA) is 81.4 Å². The van der Waals surface area contributed by atoms with Crippen molar-refractivity contribution < 1.29 is 28.4 Å². The number of benzene rings is 3. The predicted octanol–water partition coefficient (Wildman–Crippen LogP) is 6.60. The van der Waals surface area contributed by atoms with Crippen molar-refractivity contribution in [2.75, 3.05) is 40.8 Å². The van der Waals surface area contributed by atoms with Crippen LogP contribution in [0.2, 0.25) is 5.02 Å². The van der Waals surface area contributed by atoms with Crippen molar-refractivity contribution in [1.82, 2.24) is 0 Å². The number of ether oxygens (including phenoxy) is 6. The first-order valence-corrected chi connectivity index (χ1v) is 13.7. The summed E-state index contributed by atoms with van der Waals surface area (Å²) in [6, 6.07) is 15.7. The Morgan fingerprint density at radius 3 is 1.89 bits per heavy atom. The van der Waals surface area contributed by atoms with Crippen LogP contribution in [-0.4, -0.2) is 40.8 Å². The molecule has 2 atom stereocenters. The molecule has 1 heterocycles. The molecule has 3 aromatic carbocycles. The number of hydrogen-bond donors (Lipinski definition) is 1. The minimum absolute atomic E-state index is 0.104. The summed E-state index contributed by atoms with van der Waals surface area (Å²) in [5, 5.41) is 0.726. The Labute approximate surface area is 233 Å². The van der Waals surface area contributed by atoms with Crippen LogP contribution in [0, 0.1) is 0 Å². The van der Waals surface area contributed by atoms with E-state index in [4.69, 9.17) is 45.8 Å². The lowest BCUT2D eigenvalue weighted by Gasteiger charge is -2.20. The highest BCUT2D eigenvalue weighted by atomic mass is 35.5.